The highest BCUT2D eigenvalue weighted by atomic mass is 16.6. The average Bonchev–Trinajstić information content (AvgIpc) is 3.71. The maximum absolute atomic E-state index is 13.2. The zero-order valence-electron chi connectivity index (χ0n) is 24.6. The number of carbonyl (C=O) groups excluding carboxylic acids is 2. The Hall–Kier alpha value is -6.52. The lowest BCUT2D eigenvalue weighted by molar-refractivity contribution is -0.385. The van der Waals surface area contributed by atoms with Crippen molar-refractivity contribution in [3.63, 3.8) is 0 Å². The number of nitro groups is 2. The van der Waals surface area contributed by atoms with E-state index in [0.717, 1.165) is 5.56 Å². The van der Waals surface area contributed by atoms with Crippen LogP contribution in [-0.4, -0.2) is 57.9 Å². The molecule has 0 unspecified atom stereocenters. The Kier molecular flexibility index (Phi) is 10.2. The van der Waals surface area contributed by atoms with Crippen LogP contribution in [0.25, 0.3) is 0 Å². The number of nitrogens with zero attached hydrogens (tertiary/aromatic N) is 8. The second-order valence-electron chi connectivity index (χ2n) is 10.2. The Labute approximate surface area is 266 Å². The third-order valence-corrected chi connectivity index (χ3v) is 6.67. The molecule has 5 aromatic rings. The average molecular weight is 642 g/mol. The smallest absolute Gasteiger partial charge is 0.408 e. The fourth-order valence-corrected chi connectivity index (χ4v) is 4.46. The summed E-state index contributed by atoms with van der Waals surface area (Å²) in [6.45, 7) is 0.0837. The highest BCUT2D eigenvalue weighted by Gasteiger charge is 2.26. The van der Waals surface area contributed by atoms with Gasteiger partial charge in [-0.2, -0.15) is 0 Å². The van der Waals surface area contributed by atoms with Gasteiger partial charge >= 0.3 is 12.1 Å². The van der Waals surface area contributed by atoms with Crippen LogP contribution in [0, 0.1) is 20.2 Å². The van der Waals surface area contributed by atoms with E-state index in [2.05, 4.69) is 25.9 Å². The van der Waals surface area contributed by atoms with Gasteiger partial charge in [0.05, 0.1) is 34.8 Å². The van der Waals surface area contributed by atoms with Crippen LogP contribution in [0.4, 0.5) is 16.2 Å². The topological polar surface area (TPSA) is 212 Å². The van der Waals surface area contributed by atoms with Crippen molar-refractivity contribution in [2.75, 3.05) is 0 Å². The van der Waals surface area contributed by atoms with E-state index in [4.69, 9.17) is 9.47 Å². The van der Waals surface area contributed by atoms with Crippen LogP contribution in [0.1, 0.15) is 28.1 Å². The molecule has 3 aromatic carbocycles. The number of alkyl carbamates (subject to hydrolysis) is 1. The van der Waals surface area contributed by atoms with Crippen LogP contribution in [0.15, 0.2) is 91.3 Å². The van der Waals surface area contributed by atoms with Crippen molar-refractivity contribution in [1.82, 2.24) is 35.3 Å². The predicted molar refractivity (Wildman–Crippen MR) is 161 cm³/mol. The van der Waals surface area contributed by atoms with Crippen LogP contribution in [0.3, 0.4) is 0 Å². The third kappa shape index (κ3) is 9.24. The van der Waals surface area contributed by atoms with E-state index < -0.39 is 28.0 Å². The Morgan fingerprint density at radius 1 is 0.723 bits per heavy atom. The van der Waals surface area contributed by atoms with Gasteiger partial charge in [0, 0.05) is 36.9 Å². The number of aromatic nitrogens is 6. The minimum Gasteiger partial charge on any atom is -0.457 e. The Bertz CT molecular complexity index is 1880. The maximum atomic E-state index is 13.2. The molecule has 0 aliphatic rings. The van der Waals surface area contributed by atoms with Crippen molar-refractivity contribution in [1.29, 1.82) is 0 Å². The maximum Gasteiger partial charge on any atom is 0.408 e. The molecule has 1 atom stereocenters. The van der Waals surface area contributed by atoms with Crippen molar-refractivity contribution in [2.45, 2.75) is 38.8 Å². The van der Waals surface area contributed by atoms with Gasteiger partial charge in [-0.3, -0.25) is 20.2 Å². The van der Waals surface area contributed by atoms with Gasteiger partial charge in [-0.15, -0.1) is 10.2 Å². The number of carbonyl (C=O) groups is 2. The molecule has 0 radical (unpaired) electrons. The fourth-order valence-electron chi connectivity index (χ4n) is 4.46. The van der Waals surface area contributed by atoms with Gasteiger partial charge in [0.2, 0.25) is 0 Å². The van der Waals surface area contributed by atoms with E-state index in [1.165, 1.54) is 39.8 Å². The molecule has 0 spiro atoms. The number of non-ortho nitro benzene ring substituents is 2. The summed E-state index contributed by atoms with van der Waals surface area (Å²) in [5.41, 5.74) is 2.52. The van der Waals surface area contributed by atoms with Crippen LogP contribution >= 0.6 is 0 Å². The highest BCUT2D eigenvalue weighted by Crippen LogP contribution is 2.16. The van der Waals surface area contributed by atoms with Crippen LogP contribution in [0.5, 0.6) is 0 Å². The first-order valence-corrected chi connectivity index (χ1v) is 14.1. The number of nitro benzene ring substituents is 2. The van der Waals surface area contributed by atoms with Gasteiger partial charge in [0.1, 0.15) is 24.9 Å². The van der Waals surface area contributed by atoms with Gasteiger partial charge < -0.3 is 14.8 Å². The normalized spacial score (nSPS) is 11.4. The molecule has 0 aliphatic carbocycles. The molecular formula is C30H27N9O8. The zero-order valence-corrected chi connectivity index (χ0v) is 24.6. The summed E-state index contributed by atoms with van der Waals surface area (Å²) < 4.78 is 13.6. The van der Waals surface area contributed by atoms with E-state index in [1.807, 2.05) is 6.07 Å². The van der Waals surface area contributed by atoms with Crippen molar-refractivity contribution >= 4 is 23.4 Å². The number of esters is 1. The molecule has 240 valence electrons. The highest BCUT2D eigenvalue weighted by molar-refractivity contribution is 5.81. The Morgan fingerprint density at radius 2 is 1.28 bits per heavy atom. The minimum absolute atomic E-state index is 0.0263. The number of amides is 1. The van der Waals surface area contributed by atoms with Crippen molar-refractivity contribution < 1.29 is 28.9 Å². The lowest BCUT2D eigenvalue weighted by atomic mass is 10.1. The number of ether oxygens (including phenoxy) is 2. The molecule has 1 amide bonds. The number of rotatable bonds is 14. The molecular weight excluding hydrogens is 614 g/mol. The molecule has 1 N–H and O–H groups in total. The molecule has 0 saturated carbocycles. The molecule has 17 nitrogen and oxygen atoms in total. The Morgan fingerprint density at radius 3 is 1.87 bits per heavy atom. The summed E-state index contributed by atoms with van der Waals surface area (Å²) in [6, 6.07) is 19.9. The molecule has 47 heavy (non-hydrogen) atoms. The van der Waals surface area contributed by atoms with E-state index >= 15 is 0 Å². The third-order valence-electron chi connectivity index (χ3n) is 6.67. The van der Waals surface area contributed by atoms with Crippen LogP contribution < -0.4 is 5.32 Å². The monoisotopic (exact) mass is 641 g/mol. The van der Waals surface area contributed by atoms with Crippen LogP contribution in [0.2, 0.25) is 0 Å². The van der Waals surface area contributed by atoms with Gasteiger partial charge in [-0.1, -0.05) is 65.0 Å². The number of hydrogen-bond donors (Lipinski definition) is 1. The summed E-state index contributed by atoms with van der Waals surface area (Å²) in [5, 5.41) is 40.8. The van der Waals surface area contributed by atoms with Crippen molar-refractivity contribution in [3.05, 3.63) is 140 Å². The number of nitrogens with one attached hydrogen (secondary N) is 1. The van der Waals surface area contributed by atoms with E-state index in [0.29, 0.717) is 22.5 Å². The largest absolute Gasteiger partial charge is 0.457 e. The fraction of sp³-hybridized carbons (Fsp3) is 0.200. The van der Waals surface area contributed by atoms with Gasteiger partial charge in [-0.05, 0) is 16.7 Å². The first kappa shape index (κ1) is 31.9. The van der Waals surface area contributed by atoms with Gasteiger partial charge in [0.25, 0.3) is 11.4 Å². The molecule has 17 heteroatoms. The summed E-state index contributed by atoms with van der Waals surface area (Å²) >= 11 is 0. The molecule has 0 bridgehead atoms. The molecule has 0 aliphatic heterocycles. The van der Waals surface area contributed by atoms with Crippen LogP contribution in [-0.2, 0) is 47.0 Å². The summed E-state index contributed by atoms with van der Waals surface area (Å²) in [7, 11) is 0. The summed E-state index contributed by atoms with van der Waals surface area (Å²) in [6.07, 6.45) is 2.12. The minimum atomic E-state index is -1.22. The number of hydrogen-bond acceptors (Lipinski definition) is 12. The van der Waals surface area contributed by atoms with E-state index in [1.54, 1.807) is 54.7 Å². The molecule has 5 rings (SSSR count). The second-order valence-corrected chi connectivity index (χ2v) is 10.2. The Balaban J connectivity index is 1.23. The standard InChI is InChI=1S/C30H27N9O8/c40-29(46-20-25-18-37(35-33-25)16-23-9-5-11-27(13-23)39(44)45)28(31-30(41)47-19-21-6-2-1-3-7-21)14-24-17-36(34-32-24)15-22-8-4-10-26(12-22)38(42)43/h1-13,17-18,28H,14-16,19-20H2,(H,31,41)/t28-/m1/s1. The first-order chi connectivity index (χ1) is 22.7. The summed E-state index contributed by atoms with van der Waals surface area (Å²) in [5.74, 6) is -0.803. The lowest BCUT2D eigenvalue weighted by Crippen LogP contribution is -2.43. The molecule has 2 aromatic heterocycles. The number of benzene rings is 3. The second kappa shape index (κ2) is 15.0. The summed E-state index contributed by atoms with van der Waals surface area (Å²) in [4.78, 5) is 47.1. The SMILES string of the molecule is O=C(N[C@H](Cc1cn(Cc2cccc([N+](=O)[O-])c2)nn1)C(=O)OCc1cn(Cc2cccc([N+](=O)[O-])c2)nn1)OCc1ccccc1. The molecule has 2 heterocycles. The molecule has 0 fully saturated rings. The van der Waals surface area contributed by atoms with E-state index in [9.17, 15) is 29.8 Å². The lowest BCUT2D eigenvalue weighted by Gasteiger charge is -2.16. The molecule has 0 saturated heterocycles. The van der Waals surface area contributed by atoms with E-state index in [-0.39, 0.29) is 44.1 Å². The van der Waals surface area contributed by atoms with Crippen molar-refractivity contribution in [3.8, 4) is 0 Å². The van der Waals surface area contributed by atoms with Gasteiger partial charge in [-0.25, -0.2) is 19.0 Å². The zero-order chi connectivity index (χ0) is 33.2. The quantitative estimate of drug-likeness (QED) is 0.105. The van der Waals surface area contributed by atoms with Gasteiger partial charge in [0.15, 0.2) is 0 Å². The predicted octanol–water partition coefficient (Wildman–Crippen LogP) is 3.36. The van der Waals surface area contributed by atoms with Crippen molar-refractivity contribution in [2.24, 2.45) is 0 Å². The first-order valence-electron chi connectivity index (χ1n) is 14.1.